The van der Waals surface area contributed by atoms with Crippen molar-refractivity contribution < 1.29 is 8.78 Å². The third-order valence-corrected chi connectivity index (χ3v) is 2.89. The van der Waals surface area contributed by atoms with E-state index in [9.17, 15) is 8.78 Å². The number of halogens is 3. The van der Waals surface area contributed by atoms with Gasteiger partial charge in [0, 0.05) is 29.7 Å². The molecule has 0 atom stereocenters. The van der Waals surface area contributed by atoms with E-state index in [0.717, 1.165) is 17.3 Å². The van der Waals surface area contributed by atoms with Gasteiger partial charge < -0.3 is 5.32 Å². The van der Waals surface area contributed by atoms with Gasteiger partial charge in [-0.1, -0.05) is 18.2 Å². The molecule has 0 aliphatic carbocycles. The first-order chi connectivity index (χ1) is 8.69. The van der Waals surface area contributed by atoms with Crippen molar-refractivity contribution in [1.29, 1.82) is 0 Å². The van der Waals surface area contributed by atoms with Gasteiger partial charge in [0.05, 0.1) is 0 Å². The molecule has 2 aromatic rings. The van der Waals surface area contributed by atoms with E-state index in [0.29, 0.717) is 18.0 Å². The van der Waals surface area contributed by atoms with Gasteiger partial charge in [0.25, 0.3) is 0 Å². The second kappa shape index (κ2) is 5.83. The van der Waals surface area contributed by atoms with Crippen LogP contribution in [-0.2, 0) is 12.4 Å². The highest BCUT2D eigenvalue weighted by Gasteiger charge is 2.03. The Morgan fingerprint density at radius 1 is 1.06 bits per heavy atom. The van der Waals surface area contributed by atoms with Gasteiger partial charge in [-0.2, -0.15) is 0 Å². The quantitative estimate of drug-likeness (QED) is 0.814. The molecular formula is C14H12ClF2N. The van der Waals surface area contributed by atoms with E-state index in [4.69, 9.17) is 11.6 Å². The standard InChI is InChI=1S/C14H12ClF2N/c15-8-10-2-1-3-13(6-10)18-9-11-4-5-12(16)7-14(11)17/h1-7,18H,8-9H2. The maximum Gasteiger partial charge on any atom is 0.131 e. The van der Waals surface area contributed by atoms with Gasteiger partial charge in [0.1, 0.15) is 11.6 Å². The number of hydrogen-bond acceptors (Lipinski definition) is 1. The molecule has 2 rings (SSSR count). The molecule has 0 unspecified atom stereocenters. The van der Waals surface area contributed by atoms with Gasteiger partial charge in [-0.25, -0.2) is 8.78 Å². The van der Waals surface area contributed by atoms with Crippen molar-refractivity contribution in [2.75, 3.05) is 5.32 Å². The monoisotopic (exact) mass is 267 g/mol. The number of anilines is 1. The van der Waals surface area contributed by atoms with Crippen molar-refractivity contribution in [2.45, 2.75) is 12.4 Å². The summed E-state index contributed by atoms with van der Waals surface area (Å²) in [7, 11) is 0. The highest BCUT2D eigenvalue weighted by atomic mass is 35.5. The predicted octanol–water partition coefficient (Wildman–Crippen LogP) is 4.32. The maximum atomic E-state index is 13.4. The Kier molecular flexibility index (Phi) is 4.15. The molecule has 0 aliphatic rings. The molecule has 4 heteroatoms. The van der Waals surface area contributed by atoms with Crippen LogP contribution in [0.3, 0.4) is 0 Å². The Hall–Kier alpha value is -1.61. The van der Waals surface area contributed by atoms with Crippen LogP contribution in [0.2, 0.25) is 0 Å². The average molecular weight is 268 g/mol. The molecule has 0 bridgehead atoms. The second-order valence-corrected chi connectivity index (χ2v) is 4.19. The summed E-state index contributed by atoms with van der Waals surface area (Å²) in [6, 6.07) is 11.1. The van der Waals surface area contributed by atoms with E-state index in [2.05, 4.69) is 5.32 Å². The van der Waals surface area contributed by atoms with Gasteiger partial charge in [-0.3, -0.25) is 0 Å². The lowest BCUT2D eigenvalue weighted by molar-refractivity contribution is 0.574. The maximum absolute atomic E-state index is 13.4. The van der Waals surface area contributed by atoms with Crippen LogP contribution in [0, 0.1) is 11.6 Å². The molecule has 0 aromatic heterocycles. The number of benzene rings is 2. The lowest BCUT2D eigenvalue weighted by Gasteiger charge is -2.08. The minimum atomic E-state index is -0.569. The molecule has 0 fully saturated rings. The zero-order valence-electron chi connectivity index (χ0n) is 9.59. The summed E-state index contributed by atoms with van der Waals surface area (Å²) < 4.78 is 26.1. The average Bonchev–Trinajstić information content (AvgIpc) is 2.38. The van der Waals surface area contributed by atoms with E-state index in [1.807, 2.05) is 24.3 Å². The third kappa shape index (κ3) is 3.20. The molecule has 0 amide bonds. The fraction of sp³-hybridized carbons (Fsp3) is 0.143. The lowest BCUT2D eigenvalue weighted by atomic mass is 10.2. The molecule has 0 radical (unpaired) electrons. The summed E-state index contributed by atoms with van der Waals surface area (Å²) in [6.07, 6.45) is 0. The molecule has 1 N–H and O–H groups in total. The summed E-state index contributed by atoms with van der Waals surface area (Å²) in [6.45, 7) is 0.303. The fourth-order valence-corrected chi connectivity index (χ4v) is 1.79. The first-order valence-corrected chi connectivity index (χ1v) is 6.05. The molecule has 94 valence electrons. The third-order valence-electron chi connectivity index (χ3n) is 2.58. The van der Waals surface area contributed by atoms with Crippen molar-refractivity contribution in [2.24, 2.45) is 0 Å². The SMILES string of the molecule is Fc1ccc(CNc2cccc(CCl)c2)c(F)c1. The minimum absolute atomic E-state index is 0.303. The van der Waals surface area contributed by atoms with Crippen LogP contribution < -0.4 is 5.32 Å². The van der Waals surface area contributed by atoms with Gasteiger partial charge in [0.15, 0.2) is 0 Å². The zero-order valence-corrected chi connectivity index (χ0v) is 10.3. The largest absolute Gasteiger partial charge is 0.381 e. The van der Waals surface area contributed by atoms with Crippen LogP contribution in [-0.4, -0.2) is 0 Å². The van der Waals surface area contributed by atoms with Crippen molar-refractivity contribution in [3.63, 3.8) is 0 Å². The highest BCUT2D eigenvalue weighted by Crippen LogP contribution is 2.15. The molecular weight excluding hydrogens is 256 g/mol. The van der Waals surface area contributed by atoms with Gasteiger partial charge in [-0.15, -0.1) is 11.6 Å². The Morgan fingerprint density at radius 3 is 2.61 bits per heavy atom. The van der Waals surface area contributed by atoms with E-state index >= 15 is 0 Å². The summed E-state index contributed by atoms with van der Waals surface area (Å²) in [5.74, 6) is -0.683. The van der Waals surface area contributed by atoms with Crippen LogP contribution in [0.4, 0.5) is 14.5 Å². The van der Waals surface area contributed by atoms with Crippen molar-refractivity contribution in [3.8, 4) is 0 Å². The number of nitrogens with one attached hydrogen (secondary N) is 1. The smallest absolute Gasteiger partial charge is 0.131 e. The zero-order chi connectivity index (χ0) is 13.0. The van der Waals surface area contributed by atoms with Crippen LogP contribution in [0.1, 0.15) is 11.1 Å². The molecule has 0 spiro atoms. The second-order valence-electron chi connectivity index (χ2n) is 3.92. The highest BCUT2D eigenvalue weighted by molar-refractivity contribution is 6.17. The lowest BCUT2D eigenvalue weighted by Crippen LogP contribution is -2.02. The first kappa shape index (κ1) is 12.8. The van der Waals surface area contributed by atoms with Crippen LogP contribution in [0.25, 0.3) is 0 Å². The normalized spacial score (nSPS) is 10.4. The van der Waals surface area contributed by atoms with E-state index < -0.39 is 11.6 Å². The van der Waals surface area contributed by atoms with Crippen molar-refractivity contribution in [3.05, 3.63) is 65.2 Å². The predicted molar refractivity (Wildman–Crippen MR) is 69.7 cm³/mol. The van der Waals surface area contributed by atoms with Crippen LogP contribution in [0.5, 0.6) is 0 Å². The van der Waals surface area contributed by atoms with Gasteiger partial charge in [0.2, 0.25) is 0 Å². The van der Waals surface area contributed by atoms with Crippen molar-refractivity contribution in [1.82, 2.24) is 0 Å². The van der Waals surface area contributed by atoms with Gasteiger partial charge in [-0.05, 0) is 23.8 Å². The molecule has 0 saturated heterocycles. The Labute approximate surface area is 109 Å². The Bertz CT molecular complexity index is 543. The summed E-state index contributed by atoms with van der Waals surface area (Å²) in [5, 5.41) is 3.07. The summed E-state index contributed by atoms with van der Waals surface area (Å²) in [5.41, 5.74) is 2.27. The number of hydrogen-bond donors (Lipinski definition) is 1. The minimum Gasteiger partial charge on any atom is -0.381 e. The Balaban J connectivity index is 2.06. The molecule has 0 aliphatic heterocycles. The van der Waals surface area contributed by atoms with E-state index in [-0.39, 0.29) is 0 Å². The fourth-order valence-electron chi connectivity index (χ4n) is 1.63. The van der Waals surface area contributed by atoms with Gasteiger partial charge >= 0.3 is 0 Å². The molecule has 0 saturated carbocycles. The number of rotatable bonds is 4. The van der Waals surface area contributed by atoms with Crippen LogP contribution in [0.15, 0.2) is 42.5 Å². The molecule has 0 heterocycles. The summed E-state index contributed by atoms with van der Waals surface area (Å²) in [4.78, 5) is 0. The molecule has 18 heavy (non-hydrogen) atoms. The van der Waals surface area contributed by atoms with E-state index in [1.165, 1.54) is 12.1 Å². The molecule has 2 aromatic carbocycles. The number of alkyl halides is 1. The summed E-state index contributed by atoms with van der Waals surface area (Å²) >= 11 is 5.73. The first-order valence-electron chi connectivity index (χ1n) is 5.52. The topological polar surface area (TPSA) is 12.0 Å². The van der Waals surface area contributed by atoms with Crippen molar-refractivity contribution >= 4 is 17.3 Å². The van der Waals surface area contributed by atoms with E-state index in [1.54, 1.807) is 0 Å². The Morgan fingerprint density at radius 2 is 1.89 bits per heavy atom. The van der Waals surface area contributed by atoms with Crippen LogP contribution >= 0.6 is 11.6 Å². The molecule has 1 nitrogen and oxygen atoms in total.